The number of thiazole rings is 1. The Morgan fingerprint density at radius 2 is 2.21 bits per heavy atom. The average molecular weight is 280 g/mol. The van der Waals surface area contributed by atoms with Gasteiger partial charge in [-0.1, -0.05) is 20.8 Å². The summed E-state index contributed by atoms with van der Waals surface area (Å²) in [4.78, 5) is 17.1. The highest BCUT2D eigenvalue weighted by atomic mass is 32.1. The van der Waals surface area contributed by atoms with E-state index >= 15 is 0 Å². The van der Waals surface area contributed by atoms with Crippen molar-refractivity contribution in [2.24, 2.45) is 0 Å². The summed E-state index contributed by atoms with van der Waals surface area (Å²) in [6.45, 7) is 9.44. The first-order valence-electron chi connectivity index (χ1n) is 7.04. The van der Waals surface area contributed by atoms with Gasteiger partial charge >= 0.3 is 0 Å². The number of piperidine rings is 1. The number of carbonyl (C=O) groups is 1. The Morgan fingerprint density at radius 1 is 1.47 bits per heavy atom. The monoisotopic (exact) mass is 280 g/mol. The largest absolute Gasteiger partial charge is 0.305 e. The first kappa shape index (κ1) is 14.7. The van der Waals surface area contributed by atoms with Gasteiger partial charge in [-0.3, -0.25) is 4.79 Å². The van der Waals surface area contributed by atoms with Crippen molar-refractivity contribution in [1.82, 2.24) is 10.3 Å². The molecule has 0 amide bonds. The molecule has 1 aliphatic rings. The number of nitrogens with one attached hydrogen (secondary N) is 1. The molecule has 1 aliphatic heterocycles. The Balaban J connectivity index is 2.04. The van der Waals surface area contributed by atoms with Crippen molar-refractivity contribution >= 4 is 17.1 Å². The molecule has 1 aromatic heterocycles. The Hall–Kier alpha value is -0.740. The van der Waals surface area contributed by atoms with Crippen LogP contribution in [0.15, 0.2) is 5.38 Å². The van der Waals surface area contributed by atoms with Gasteiger partial charge in [-0.25, -0.2) is 4.98 Å². The maximum atomic E-state index is 12.5. The van der Waals surface area contributed by atoms with E-state index in [4.69, 9.17) is 0 Å². The number of ketones is 1. The Morgan fingerprint density at radius 3 is 2.74 bits per heavy atom. The second-order valence-corrected chi connectivity index (χ2v) is 7.64. The predicted octanol–water partition coefficient (Wildman–Crippen LogP) is 3.08. The molecule has 3 nitrogen and oxygen atoms in total. The van der Waals surface area contributed by atoms with E-state index in [1.807, 2.05) is 6.92 Å². The highest BCUT2D eigenvalue weighted by Gasteiger charge is 2.34. The molecule has 106 valence electrons. The van der Waals surface area contributed by atoms with Crippen LogP contribution in [0.1, 0.15) is 57.7 Å². The molecule has 0 saturated carbocycles. The number of nitrogens with zero attached hydrogens (tertiary/aromatic N) is 1. The zero-order valence-corrected chi connectivity index (χ0v) is 13.2. The van der Waals surface area contributed by atoms with Crippen molar-refractivity contribution < 1.29 is 4.79 Å². The molecule has 1 unspecified atom stereocenters. The van der Waals surface area contributed by atoms with Crippen molar-refractivity contribution in [2.75, 3.05) is 6.54 Å². The minimum absolute atomic E-state index is 0.0603. The van der Waals surface area contributed by atoms with Gasteiger partial charge in [0.25, 0.3) is 0 Å². The molecule has 19 heavy (non-hydrogen) atoms. The molecule has 2 rings (SSSR count). The lowest BCUT2D eigenvalue weighted by Gasteiger charge is -2.33. The standard InChI is InChI=1S/C15H24N2OS/c1-14(2,3)11-10-19-13(17-11)9-12(18)15(4)7-5-6-8-16-15/h10,16H,5-9H2,1-4H3. The molecule has 2 heterocycles. The number of hydrogen-bond donors (Lipinski definition) is 1. The average Bonchev–Trinajstić information content (AvgIpc) is 2.78. The molecule has 0 aromatic carbocycles. The van der Waals surface area contributed by atoms with Crippen molar-refractivity contribution in [3.8, 4) is 0 Å². The maximum Gasteiger partial charge on any atom is 0.159 e. The van der Waals surface area contributed by atoms with Crippen LogP contribution in [0, 0.1) is 0 Å². The number of rotatable bonds is 3. The van der Waals surface area contributed by atoms with E-state index in [1.54, 1.807) is 11.3 Å². The quantitative estimate of drug-likeness (QED) is 0.925. The van der Waals surface area contributed by atoms with Crippen LogP contribution in [0.3, 0.4) is 0 Å². The van der Waals surface area contributed by atoms with Gasteiger partial charge in [0.1, 0.15) is 5.01 Å². The maximum absolute atomic E-state index is 12.5. The van der Waals surface area contributed by atoms with Crippen LogP contribution < -0.4 is 5.32 Å². The molecule has 1 saturated heterocycles. The molecule has 0 spiro atoms. The van der Waals surface area contributed by atoms with Gasteiger partial charge in [0.15, 0.2) is 5.78 Å². The number of carbonyl (C=O) groups excluding carboxylic acids is 1. The summed E-state index contributed by atoms with van der Waals surface area (Å²) in [6, 6.07) is 0. The third-order valence-electron chi connectivity index (χ3n) is 3.87. The second-order valence-electron chi connectivity index (χ2n) is 6.69. The van der Waals surface area contributed by atoms with Gasteiger partial charge in [-0.05, 0) is 32.7 Å². The van der Waals surface area contributed by atoms with Crippen LogP contribution in [0.25, 0.3) is 0 Å². The van der Waals surface area contributed by atoms with E-state index in [0.29, 0.717) is 6.42 Å². The fourth-order valence-electron chi connectivity index (χ4n) is 2.36. The topological polar surface area (TPSA) is 42.0 Å². The highest BCUT2D eigenvalue weighted by Crippen LogP contribution is 2.26. The SMILES string of the molecule is CC1(C(=O)Cc2nc(C(C)(C)C)cs2)CCCCN1. The fraction of sp³-hybridized carbons (Fsp3) is 0.733. The van der Waals surface area contributed by atoms with Crippen LogP contribution in [0.5, 0.6) is 0 Å². The molecule has 1 N–H and O–H groups in total. The Labute approximate surface area is 119 Å². The van der Waals surface area contributed by atoms with Crippen molar-refractivity contribution in [3.05, 3.63) is 16.1 Å². The van der Waals surface area contributed by atoms with Crippen LogP contribution in [-0.2, 0) is 16.6 Å². The van der Waals surface area contributed by atoms with Gasteiger partial charge in [-0.15, -0.1) is 11.3 Å². The molecule has 1 fully saturated rings. The number of aromatic nitrogens is 1. The van der Waals surface area contributed by atoms with Crippen LogP contribution in [0.2, 0.25) is 0 Å². The summed E-state index contributed by atoms with van der Waals surface area (Å²) in [5, 5.41) is 6.41. The lowest BCUT2D eigenvalue weighted by Crippen LogP contribution is -2.52. The van der Waals surface area contributed by atoms with E-state index in [-0.39, 0.29) is 16.7 Å². The summed E-state index contributed by atoms with van der Waals surface area (Å²) >= 11 is 1.61. The fourth-order valence-corrected chi connectivity index (χ4v) is 3.38. The highest BCUT2D eigenvalue weighted by molar-refractivity contribution is 7.09. The molecule has 0 radical (unpaired) electrons. The van der Waals surface area contributed by atoms with E-state index in [2.05, 4.69) is 36.5 Å². The molecular weight excluding hydrogens is 256 g/mol. The van der Waals surface area contributed by atoms with Crippen LogP contribution in [-0.4, -0.2) is 22.9 Å². The van der Waals surface area contributed by atoms with Crippen molar-refractivity contribution in [3.63, 3.8) is 0 Å². The first-order chi connectivity index (χ1) is 8.81. The summed E-state index contributed by atoms with van der Waals surface area (Å²) in [6.07, 6.45) is 3.72. The summed E-state index contributed by atoms with van der Waals surface area (Å²) < 4.78 is 0. The molecule has 1 aromatic rings. The van der Waals surface area contributed by atoms with E-state index in [9.17, 15) is 4.79 Å². The lowest BCUT2D eigenvalue weighted by molar-refractivity contribution is -0.125. The molecular formula is C15H24N2OS. The first-order valence-corrected chi connectivity index (χ1v) is 7.92. The molecule has 0 bridgehead atoms. The van der Waals surface area contributed by atoms with E-state index in [0.717, 1.165) is 30.1 Å². The minimum Gasteiger partial charge on any atom is -0.305 e. The lowest BCUT2D eigenvalue weighted by atomic mass is 9.85. The van der Waals surface area contributed by atoms with Gasteiger partial charge in [0.05, 0.1) is 17.7 Å². The van der Waals surface area contributed by atoms with Crippen LogP contribution in [0.4, 0.5) is 0 Å². The number of hydrogen-bond acceptors (Lipinski definition) is 4. The third-order valence-corrected chi connectivity index (χ3v) is 4.71. The van der Waals surface area contributed by atoms with Crippen LogP contribution >= 0.6 is 11.3 Å². The zero-order valence-electron chi connectivity index (χ0n) is 12.4. The third kappa shape index (κ3) is 3.42. The van der Waals surface area contributed by atoms with Crippen molar-refractivity contribution in [1.29, 1.82) is 0 Å². The van der Waals surface area contributed by atoms with Crippen molar-refractivity contribution in [2.45, 2.75) is 64.3 Å². The molecule has 0 aliphatic carbocycles. The molecule has 1 atom stereocenters. The minimum atomic E-state index is -0.341. The second kappa shape index (κ2) is 5.33. The summed E-state index contributed by atoms with van der Waals surface area (Å²) in [7, 11) is 0. The Bertz CT molecular complexity index is 453. The van der Waals surface area contributed by atoms with E-state index in [1.165, 1.54) is 6.42 Å². The summed E-state index contributed by atoms with van der Waals surface area (Å²) in [5.41, 5.74) is 0.804. The Kier molecular flexibility index (Phi) is 4.11. The van der Waals surface area contributed by atoms with Gasteiger partial charge in [-0.2, -0.15) is 0 Å². The number of Topliss-reactive ketones (excluding diaryl/α,β-unsaturated/α-hetero) is 1. The van der Waals surface area contributed by atoms with E-state index < -0.39 is 0 Å². The zero-order chi connectivity index (χ0) is 14.1. The normalized spacial score (nSPS) is 24.4. The predicted molar refractivity (Wildman–Crippen MR) is 79.8 cm³/mol. The van der Waals surface area contributed by atoms with Gasteiger partial charge < -0.3 is 5.32 Å². The molecule has 4 heteroatoms. The smallest absolute Gasteiger partial charge is 0.159 e. The van der Waals surface area contributed by atoms with Gasteiger partial charge in [0.2, 0.25) is 0 Å². The summed E-state index contributed by atoms with van der Waals surface area (Å²) in [5.74, 6) is 0.280. The van der Waals surface area contributed by atoms with Gasteiger partial charge in [0, 0.05) is 10.8 Å².